The quantitative estimate of drug-likeness (QED) is 0.846. The van der Waals surface area contributed by atoms with E-state index < -0.39 is 0 Å². The highest BCUT2D eigenvalue weighted by molar-refractivity contribution is 9.10. The van der Waals surface area contributed by atoms with Gasteiger partial charge in [-0.1, -0.05) is 13.0 Å². The SMILES string of the molecule is CCCNC(c1sccc1Br)C1CCc2cccnc21. The molecule has 0 aliphatic heterocycles. The Morgan fingerprint density at radius 2 is 2.40 bits per heavy atom. The summed E-state index contributed by atoms with van der Waals surface area (Å²) in [6, 6.07) is 6.80. The van der Waals surface area contributed by atoms with E-state index in [1.807, 2.05) is 17.5 Å². The lowest BCUT2D eigenvalue weighted by molar-refractivity contribution is 0.442. The molecule has 2 heterocycles. The Kier molecular flexibility index (Phi) is 4.54. The fourth-order valence-electron chi connectivity index (χ4n) is 3.01. The highest BCUT2D eigenvalue weighted by atomic mass is 79.9. The van der Waals surface area contributed by atoms with Crippen LogP contribution in [0, 0.1) is 0 Å². The molecule has 0 spiro atoms. The number of fused-ring (bicyclic) bond motifs is 1. The number of hydrogen-bond donors (Lipinski definition) is 1. The lowest BCUT2D eigenvalue weighted by Gasteiger charge is -2.24. The van der Waals surface area contributed by atoms with Gasteiger partial charge in [0.15, 0.2) is 0 Å². The number of rotatable bonds is 5. The minimum atomic E-state index is 0.375. The molecule has 106 valence electrons. The zero-order chi connectivity index (χ0) is 13.9. The molecule has 1 aliphatic carbocycles. The predicted octanol–water partition coefficient (Wildman–Crippen LogP) is 4.68. The van der Waals surface area contributed by atoms with Crippen molar-refractivity contribution in [3.63, 3.8) is 0 Å². The molecule has 2 aromatic heterocycles. The van der Waals surface area contributed by atoms with E-state index in [0.717, 1.165) is 19.4 Å². The average molecular weight is 351 g/mol. The van der Waals surface area contributed by atoms with E-state index in [0.29, 0.717) is 12.0 Å². The zero-order valence-corrected chi connectivity index (χ0v) is 14.0. The van der Waals surface area contributed by atoms with Crippen LogP contribution in [-0.2, 0) is 6.42 Å². The third kappa shape index (κ3) is 2.69. The standard InChI is InChI=1S/C16H19BrN2S/c1-2-8-18-15(16-13(17)7-10-20-16)12-6-5-11-4-3-9-19-14(11)12/h3-4,7,9-10,12,15,18H,2,5-6,8H2,1H3. The molecule has 0 aromatic carbocycles. The second-order valence-corrected chi connectivity index (χ2v) is 7.06. The first kappa shape index (κ1) is 14.2. The van der Waals surface area contributed by atoms with Gasteiger partial charge in [-0.3, -0.25) is 4.98 Å². The summed E-state index contributed by atoms with van der Waals surface area (Å²) in [6.07, 6.45) is 5.43. The summed E-state index contributed by atoms with van der Waals surface area (Å²) in [7, 11) is 0. The first-order valence-corrected chi connectivity index (χ1v) is 8.88. The van der Waals surface area contributed by atoms with Crippen molar-refractivity contribution in [1.82, 2.24) is 10.3 Å². The number of aromatic nitrogens is 1. The van der Waals surface area contributed by atoms with Gasteiger partial charge in [-0.15, -0.1) is 11.3 Å². The Bertz CT molecular complexity index is 581. The van der Waals surface area contributed by atoms with Crippen LogP contribution >= 0.6 is 27.3 Å². The van der Waals surface area contributed by atoms with Gasteiger partial charge in [0.05, 0.1) is 6.04 Å². The number of aryl methyl sites for hydroxylation is 1. The van der Waals surface area contributed by atoms with Gasteiger partial charge in [0.1, 0.15) is 0 Å². The maximum atomic E-state index is 4.66. The van der Waals surface area contributed by atoms with Crippen LogP contribution in [0.5, 0.6) is 0 Å². The van der Waals surface area contributed by atoms with Crippen LogP contribution < -0.4 is 5.32 Å². The van der Waals surface area contributed by atoms with Gasteiger partial charge in [0.2, 0.25) is 0 Å². The number of halogens is 1. The molecule has 0 saturated heterocycles. The smallest absolute Gasteiger partial charge is 0.0511 e. The summed E-state index contributed by atoms with van der Waals surface area (Å²) in [5, 5.41) is 5.90. The summed E-state index contributed by atoms with van der Waals surface area (Å²) in [5.74, 6) is 0.493. The molecular formula is C16H19BrN2S. The van der Waals surface area contributed by atoms with E-state index in [2.05, 4.69) is 56.7 Å². The van der Waals surface area contributed by atoms with Crippen LogP contribution in [0.15, 0.2) is 34.2 Å². The third-order valence-corrected chi connectivity index (χ3v) is 5.90. The van der Waals surface area contributed by atoms with Gasteiger partial charge < -0.3 is 5.32 Å². The Morgan fingerprint density at radius 3 is 3.15 bits per heavy atom. The fourth-order valence-corrected chi connectivity index (χ4v) is 4.77. The number of hydrogen-bond acceptors (Lipinski definition) is 3. The molecule has 1 aliphatic rings. The van der Waals surface area contributed by atoms with Crippen LogP contribution in [0.1, 0.15) is 47.9 Å². The lowest BCUT2D eigenvalue weighted by Crippen LogP contribution is -2.27. The van der Waals surface area contributed by atoms with E-state index in [1.165, 1.54) is 27.0 Å². The fraction of sp³-hybridized carbons (Fsp3) is 0.438. The molecule has 2 unspecified atom stereocenters. The van der Waals surface area contributed by atoms with E-state index in [4.69, 9.17) is 0 Å². The Labute approximate surface area is 132 Å². The summed E-state index contributed by atoms with van der Waals surface area (Å²) in [4.78, 5) is 6.06. The molecule has 0 bridgehead atoms. The number of pyridine rings is 1. The highest BCUT2D eigenvalue weighted by Gasteiger charge is 2.33. The number of thiophene rings is 1. The molecule has 2 atom stereocenters. The van der Waals surface area contributed by atoms with Gasteiger partial charge in [-0.25, -0.2) is 0 Å². The predicted molar refractivity (Wildman–Crippen MR) is 88.4 cm³/mol. The van der Waals surface area contributed by atoms with Crippen molar-refractivity contribution >= 4 is 27.3 Å². The van der Waals surface area contributed by atoms with Crippen LogP contribution in [0.3, 0.4) is 0 Å². The number of nitrogens with one attached hydrogen (secondary N) is 1. The minimum Gasteiger partial charge on any atom is -0.309 e. The molecular weight excluding hydrogens is 332 g/mol. The van der Waals surface area contributed by atoms with Gasteiger partial charge in [-0.05, 0) is 64.8 Å². The van der Waals surface area contributed by atoms with Crippen molar-refractivity contribution in [3.8, 4) is 0 Å². The monoisotopic (exact) mass is 350 g/mol. The van der Waals surface area contributed by atoms with E-state index in [1.54, 1.807) is 0 Å². The van der Waals surface area contributed by atoms with Gasteiger partial charge in [0.25, 0.3) is 0 Å². The second-order valence-electron chi connectivity index (χ2n) is 5.26. The lowest BCUT2D eigenvalue weighted by atomic mass is 9.95. The van der Waals surface area contributed by atoms with Crippen LogP contribution in [0.4, 0.5) is 0 Å². The topological polar surface area (TPSA) is 24.9 Å². The molecule has 2 aromatic rings. The third-order valence-electron chi connectivity index (χ3n) is 3.95. The second kappa shape index (κ2) is 6.37. The van der Waals surface area contributed by atoms with Crippen LogP contribution in [-0.4, -0.2) is 11.5 Å². The Hall–Kier alpha value is -0.710. The highest BCUT2D eigenvalue weighted by Crippen LogP contribution is 2.43. The van der Waals surface area contributed by atoms with Crippen molar-refractivity contribution in [1.29, 1.82) is 0 Å². The van der Waals surface area contributed by atoms with Crippen molar-refractivity contribution in [3.05, 3.63) is 50.4 Å². The van der Waals surface area contributed by atoms with Crippen molar-refractivity contribution in [2.75, 3.05) is 6.54 Å². The maximum absolute atomic E-state index is 4.66. The largest absolute Gasteiger partial charge is 0.309 e. The molecule has 2 nitrogen and oxygen atoms in total. The molecule has 3 rings (SSSR count). The van der Waals surface area contributed by atoms with E-state index >= 15 is 0 Å². The van der Waals surface area contributed by atoms with E-state index in [-0.39, 0.29) is 0 Å². The first-order valence-electron chi connectivity index (χ1n) is 7.21. The summed E-state index contributed by atoms with van der Waals surface area (Å²) in [5.41, 5.74) is 2.72. The van der Waals surface area contributed by atoms with Gasteiger partial charge >= 0.3 is 0 Å². The molecule has 20 heavy (non-hydrogen) atoms. The van der Waals surface area contributed by atoms with Crippen LogP contribution in [0.25, 0.3) is 0 Å². The van der Waals surface area contributed by atoms with Crippen LogP contribution in [0.2, 0.25) is 0 Å². The first-order chi connectivity index (χ1) is 9.81. The normalized spacial score (nSPS) is 19.0. The summed E-state index contributed by atoms with van der Waals surface area (Å²) < 4.78 is 1.22. The molecule has 1 N–H and O–H groups in total. The van der Waals surface area contributed by atoms with Crippen molar-refractivity contribution < 1.29 is 0 Å². The summed E-state index contributed by atoms with van der Waals surface area (Å²) >= 11 is 5.53. The Morgan fingerprint density at radius 1 is 1.50 bits per heavy atom. The Balaban J connectivity index is 1.93. The van der Waals surface area contributed by atoms with Crippen molar-refractivity contribution in [2.45, 2.75) is 38.1 Å². The van der Waals surface area contributed by atoms with Gasteiger partial charge in [0, 0.05) is 27.2 Å². The van der Waals surface area contributed by atoms with Crippen molar-refractivity contribution in [2.24, 2.45) is 0 Å². The number of nitrogens with zero attached hydrogens (tertiary/aromatic N) is 1. The summed E-state index contributed by atoms with van der Waals surface area (Å²) in [6.45, 7) is 3.27. The molecule has 0 radical (unpaired) electrons. The maximum Gasteiger partial charge on any atom is 0.0511 e. The molecule has 0 amide bonds. The van der Waals surface area contributed by atoms with Gasteiger partial charge in [-0.2, -0.15) is 0 Å². The molecule has 0 saturated carbocycles. The molecule has 0 fully saturated rings. The molecule has 4 heteroatoms. The minimum absolute atomic E-state index is 0.375. The van der Waals surface area contributed by atoms with E-state index in [9.17, 15) is 0 Å². The zero-order valence-electron chi connectivity index (χ0n) is 11.6. The average Bonchev–Trinajstić information content (AvgIpc) is 3.07.